The molecule has 0 saturated carbocycles. The molecule has 86 valence electrons. The van der Waals surface area contributed by atoms with Gasteiger partial charge in [-0.3, -0.25) is 0 Å². The molecular formula is C10H23ClO2Si. The highest BCUT2D eigenvalue weighted by molar-refractivity contribution is 6.44. The zero-order valence-electron chi connectivity index (χ0n) is 9.59. The Morgan fingerprint density at radius 2 is 1.71 bits per heavy atom. The number of rotatable bonds is 9. The van der Waals surface area contributed by atoms with E-state index in [0.29, 0.717) is 5.92 Å². The van der Waals surface area contributed by atoms with Crippen LogP contribution in [-0.2, 0) is 8.85 Å². The van der Waals surface area contributed by atoms with E-state index >= 15 is 0 Å². The maximum atomic E-state index is 5.68. The second-order valence-corrected chi connectivity index (χ2v) is 5.98. The van der Waals surface area contributed by atoms with Gasteiger partial charge in [0, 0.05) is 19.1 Å². The van der Waals surface area contributed by atoms with Crippen LogP contribution in [0.25, 0.3) is 0 Å². The van der Waals surface area contributed by atoms with Gasteiger partial charge in [-0.1, -0.05) is 6.92 Å². The molecule has 0 aromatic rings. The minimum atomic E-state index is -1.36. The Hall–Kier alpha value is 0.427. The van der Waals surface area contributed by atoms with Gasteiger partial charge in [0.1, 0.15) is 0 Å². The molecule has 0 saturated heterocycles. The summed E-state index contributed by atoms with van der Waals surface area (Å²) >= 11 is 5.68. The van der Waals surface area contributed by atoms with E-state index in [1.54, 1.807) is 0 Å². The lowest BCUT2D eigenvalue weighted by Crippen LogP contribution is -2.23. The van der Waals surface area contributed by atoms with Crippen molar-refractivity contribution in [3.05, 3.63) is 0 Å². The van der Waals surface area contributed by atoms with Gasteiger partial charge in [0.05, 0.1) is 0 Å². The summed E-state index contributed by atoms with van der Waals surface area (Å²) in [5.41, 5.74) is 0. The SMILES string of the molecule is CCO[SiH](CCC(C)CCCl)OCC. The van der Waals surface area contributed by atoms with Gasteiger partial charge < -0.3 is 8.85 Å². The van der Waals surface area contributed by atoms with E-state index in [0.717, 1.165) is 31.6 Å². The zero-order chi connectivity index (χ0) is 10.8. The minimum absolute atomic E-state index is 0.698. The quantitative estimate of drug-likeness (QED) is 0.454. The van der Waals surface area contributed by atoms with Gasteiger partial charge in [-0.25, -0.2) is 0 Å². The molecule has 0 aromatic heterocycles. The molecule has 0 amide bonds. The Balaban J connectivity index is 3.57. The van der Waals surface area contributed by atoms with Crippen molar-refractivity contribution in [3.63, 3.8) is 0 Å². The molecule has 0 aromatic carbocycles. The largest absolute Gasteiger partial charge is 0.397 e. The van der Waals surface area contributed by atoms with Crippen LogP contribution >= 0.6 is 11.6 Å². The first kappa shape index (κ1) is 14.4. The topological polar surface area (TPSA) is 18.5 Å². The maximum Gasteiger partial charge on any atom is 0.321 e. The first-order valence-corrected chi connectivity index (χ1v) is 7.83. The summed E-state index contributed by atoms with van der Waals surface area (Å²) < 4.78 is 11.2. The minimum Gasteiger partial charge on any atom is -0.397 e. The van der Waals surface area contributed by atoms with Crippen molar-refractivity contribution in [3.8, 4) is 0 Å². The molecule has 0 N–H and O–H groups in total. The van der Waals surface area contributed by atoms with Gasteiger partial charge in [0.25, 0.3) is 0 Å². The van der Waals surface area contributed by atoms with Gasteiger partial charge in [-0.15, -0.1) is 11.6 Å². The normalized spacial score (nSPS) is 13.5. The van der Waals surface area contributed by atoms with E-state index in [1.807, 2.05) is 13.8 Å². The Labute approximate surface area is 94.8 Å². The average molecular weight is 239 g/mol. The third-order valence-electron chi connectivity index (χ3n) is 2.20. The van der Waals surface area contributed by atoms with E-state index in [9.17, 15) is 0 Å². The molecule has 0 bridgehead atoms. The van der Waals surface area contributed by atoms with E-state index in [-0.39, 0.29) is 0 Å². The number of hydrogen-bond donors (Lipinski definition) is 0. The molecule has 0 aliphatic rings. The molecule has 14 heavy (non-hydrogen) atoms. The third-order valence-corrected chi connectivity index (χ3v) is 4.64. The number of hydrogen-bond acceptors (Lipinski definition) is 2. The lowest BCUT2D eigenvalue weighted by molar-refractivity contribution is 0.211. The van der Waals surface area contributed by atoms with Crippen molar-refractivity contribution in [2.45, 2.75) is 39.7 Å². The fourth-order valence-electron chi connectivity index (χ4n) is 1.34. The molecule has 0 heterocycles. The summed E-state index contributed by atoms with van der Waals surface area (Å²) in [5.74, 6) is 1.46. The van der Waals surface area contributed by atoms with Crippen LogP contribution in [0.2, 0.25) is 6.04 Å². The van der Waals surface area contributed by atoms with Gasteiger partial charge in [-0.2, -0.15) is 0 Å². The highest BCUT2D eigenvalue weighted by Crippen LogP contribution is 2.14. The van der Waals surface area contributed by atoms with Crippen LogP contribution in [-0.4, -0.2) is 28.4 Å². The highest BCUT2D eigenvalue weighted by atomic mass is 35.5. The molecule has 0 aliphatic carbocycles. The van der Waals surface area contributed by atoms with Crippen LogP contribution < -0.4 is 0 Å². The van der Waals surface area contributed by atoms with Gasteiger partial charge in [0.2, 0.25) is 0 Å². The lowest BCUT2D eigenvalue weighted by atomic mass is 10.1. The fourth-order valence-corrected chi connectivity index (χ4v) is 3.72. The van der Waals surface area contributed by atoms with Gasteiger partial charge in [0.15, 0.2) is 0 Å². The summed E-state index contributed by atoms with van der Waals surface area (Å²) in [7, 11) is -1.36. The maximum absolute atomic E-state index is 5.68. The fraction of sp³-hybridized carbons (Fsp3) is 1.00. The zero-order valence-corrected chi connectivity index (χ0v) is 11.5. The summed E-state index contributed by atoms with van der Waals surface area (Å²) in [5, 5.41) is 0. The first-order chi connectivity index (χ1) is 6.74. The molecule has 0 spiro atoms. The summed E-state index contributed by atoms with van der Waals surface area (Å²) in [6.45, 7) is 7.86. The van der Waals surface area contributed by atoms with Crippen molar-refractivity contribution < 1.29 is 8.85 Å². The van der Waals surface area contributed by atoms with Crippen LogP contribution in [0.3, 0.4) is 0 Å². The molecule has 1 atom stereocenters. The lowest BCUT2D eigenvalue weighted by Gasteiger charge is -2.16. The predicted molar refractivity (Wildman–Crippen MR) is 64.3 cm³/mol. The van der Waals surface area contributed by atoms with Crippen molar-refractivity contribution in [1.29, 1.82) is 0 Å². The van der Waals surface area contributed by atoms with E-state index in [2.05, 4.69) is 6.92 Å². The Morgan fingerprint density at radius 1 is 1.14 bits per heavy atom. The van der Waals surface area contributed by atoms with E-state index in [4.69, 9.17) is 20.5 Å². The van der Waals surface area contributed by atoms with Crippen molar-refractivity contribution in [2.24, 2.45) is 5.92 Å². The van der Waals surface area contributed by atoms with E-state index < -0.39 is 9.28 Å². The summed E-state index contributed by atoms with van der Waals surface area (Å²) in [4.78, 5) is 0. The second kappa shape index (κ2) is 9.96. The van der Waals surface area contributed by atoms with Crippen LogP contribution in [0.1, 0.15) is 33.6 Å². The molecule has 1 unspecified atom stereocenters. The average Bonchev–Trinajstić information content (AvgIpc) is 2.15. The van der Waals surface area contributed by atoms with Crippen molar-refractivity contribution in [1.82, 2.24) is 0 Å². The molecule has 0 aliphatic heterocycles. The number of halogens is 1. The molecule has 0 radical (unpaired) electrons. The first-order valence-electron chi connectivity index (χ1n) is 5.53. The van der Waals surface area contributed by atoms with Gasteiger partial charge in [-0.05, 0) is 38.7 Å². The second-order valence-electron chi connectivity index (χ2n) is 3.50. The van der Waals surface area contributed by atoms with Crippen LogP contribution in [0, 0.1) is 5.92 Å². The van der Waals surface area contributed by atoms with Crippen molar-refractivity contribution in [2.75, 3.05) is 19.1 Å². The van der Waals surface area contributed by atoms with E-state index in [1.165, 1.54) is 6.42 Å². The highest BCUT2D eigenvalue weighted by Gasteiger charge is 2.13. The smallest absolute Gasteiger partial charge is 0.321 e. The Kier molecular flexibility index (Phi) is 10.3. The van der Waals surface area contributed by atoms with Crippen LogP contribution in [0.4, 0.5) is 0 Å². The Morgan fingerprint density at radius 3 is 2.14 bits per heavy atom. The molecule has 0 fully saturated rings. The van der Waals surface area contributed by atoms with Crippen LogP contribution in [0.5, 0.6) is 0 Å². The molecule has 4 heteroatoms. The van der Waals surface area contributed by atoms with Crippen LogP contribution in [0.15, 0.2) is 0 Å². The summed E-state index contributed by atoms with van der Waals surface area (Å²) in [6, 6.07) is 1.11. The standard InChI is InChI=1S/C10H23ClO2Si/c1-4-12-14(13-5-2)9-7-10(3)6-8-11/h10,14H,4-9H2,1-3H3. The van der Waals surface area contributed by atoms with Gasteiger partial charge >= 0.3 is 9.28 Å². The third kappa shape index (κ3) is 7.80. The molecule has 2 nitrogen and oxygen atoms in total. The van der Waals surface area contributed by atoms with Crippen molar-refractivity contribution >= 4 is 20.9 Å². The number of alkyl halides is 1. The Bertz CT molecular complexity index is 119. The summed E-state index contributed by atoms with van der Waals surface area (Å²) in [6.07, 6.45) is 2.28. The monoisotopic (exact) mass is 238 g/mol. The molecule has 0 rings (SSSR count). The molecular weight excluding hydrogens is 216 g/mol. The predicted octanol–water partition coefficient (Wildman–Crippen LogP) is 2.94.